The van der Waals surface area contributed by atoms with Crippen LogP contribution in [0, 0.1) is 5.92 Å². The van der Waals surface area contributed by atoms with Crippen LogP contribution in [-0.2, 0) is 10.2 Å². The van der Waals surface area contributed by atoms with Gasteiger partial charge in [0, 0.05) is 22.5 Å². The molecule has 202 valence electrons. The summed E-state index contributed by atoms with van der Waals surface area (Å²) in [7, 11) is 0. The lowest BCUT2D eigenvalue weighted by Crippen LogP contribution is -2.51. The minimum absolute atomic E-state index is 0.0757. The Bertz CT molecular complexity index is 1810. The van der Waals surface area contributed by atoms with E-state index in [-0.39, 0.29) is 24.3 Å². The zero-order valence-corrected chi connectivity index (χ0v) is 22.8. The molecule has 0 saturated carbocycles. The van der Waals surface area contributed by atoms with Gasteiger partial charge in [-0.3, -0.25) is 14.4 Å². The fourth-order valence-electron chi connectivity index (χ4n) is 7.18. The number of rotatable bonds is 4. The summed E-state index contributed by atoms with van der Waals surface area (Å²) in [6.45, 7) is 2.10. The zero-order valence-electron chi connectivity index (χ0n) is 22.0. The lowest BCUT2D eigenvalue weighted by Gasteiger charge is -2.39. The molecule has 3 aromatic carbocycles. The molecule has 1 amide bonds. The van der Waals surface area contributed by atoms with Crippen LogP contribution in [-0.4, -0.2) is 36.4 Å². The number of carbonyl (C=O) groups excluding carboxylic acids is 3. The second-order valence-electron chi connectivity index (χ2n) is 10.8. The van der Waals surface area contributed by atoms with E-state index in [0.29, 0.717) is 27.6 Å². The van der Waals surface area contributed by atoms with Crippen LogP contribution in [0.25, 0.3) is 5.57 Å². The van der Waals surface area contributed by atoms with Crippen molar-refractivity contribution in [2.45, 2.75) is 24.4 Å². The van der Waals surface area contributed by atoms with Crippen molar-refractivity contribution in [2.24, 2.45) is 5.92 Å². The Morgan fingerprint density at radius 2 is 1.76 bits per heavy atom. The maximum atomic E-state index is 14.9. The van der Waals surface area contributed by atoms with Gasteiger partial charge in [0.2, 0.25) is 12.7 Å². The SMILES string of the molecule is CC1=C[C@@H]2N(c3ccccc31)[C@@H](C(=O)c1cccs1)[C@@H](C(=O)c1ccc3c(c1)OCO3)[C@@]21C(=O)Nc2ccccc21. The van der Waals surface area contributed by atoms with Crippen LogP contribution in [0.3, 0.4) is 0 Å². The van der Waals surface area contributed by atoms with Crippen LogP contribution in [0.4, 0.5) is 11.4 Å². The highest BCUT2D eigenvalue weighted by Gasteiger charge is 2.70. The number of nitrogens with one attached hydrogen (secondary N) is 1. The summed E-state index contributed by atoms with van der Waals surface area (Å²) in [5.74, 6) is -0.746. The van der Waals surface area contributed by atoms with Gasteiger partial charge in [-0.15, -0.1) is 11.3 Å². The Morgan fingerprint density at radius 3 is 2.61 bits per heavy atom. The highest BCUT2D eigenvalue weighted by Crippen LogP contribution is 2.59. The van der Waals surface area contributed by atoms with Gasteiger partial charge in [0.25, 0.3) is 0 Å². The summed E-state index contributed by atoms with van der Waals surface area (Å²) < 4.78 is 11.1. The first-order valence-electron chi connectivity index (χ1n) is 13.5. The molecular formula is C33H24N2O5S. The quantitative estimate of drug-likeness (QED) is 0.321. The number of hydrogen-bond donors (Lipinski definition) is 1. The minimum Gasteiger partial charge on any atom is -0.454 e. The molecular weight excluding hydrogens is 536 g/mol. The van der Waals surface area contributed by atoms with Gasteiger partial charge in [-0.1, -0.05) is 48.5 Å². The fraction of sp³-hybridized carbons (Fsp3) is 0.182. The van der Waals surface area contributed by atoms with Crippen LogP contribution in [0.1, 0.15) is 38.1 Å². The predicted octanol–water partition coefficient (Wildman–Crippen LogP) is 5.72. The molecule has 1 spiro atoms. The lowest BCUT2D eigenvalue weighted by atomic mass is 9.64. The van der Waals surface area contributed by atoms with E-state index in [1.54, 1.807) is 24.3 Å². The van der Waals surface area contributed by atoms with Gasteiger partial charge in [-0.05, 0) is 59.8 Å². The number of hydrogen-bond acceptors (Lipinski definition) is 7. The van der Waals surface area contributed by atoms with Gasteiger partial charge in [0.05, 0.1) is 16.8 Å². The Morgan fingerprint density at radius 1 is 0.951 bits per heavy atom. The maximum absolute atomic E-state index is 14.9. The van der Waals surface area contributed by atoms with Gasteiger partial charge < -0.3 is 19.7 Å². The molecule has 8 rings (SSSR count). The molecule has 8 heteroatoms. The first-order chi connectivity index (χ1) is 20.0. The smallest absolute Gasteiger partial charge is 0.238 e. The van der Waals surface area contributed by atoms with Crippen molar-refractivity contribution in [1.29, 1.82) is 0 Å². The number of ether oxygens (including phenoxy) is 2. The van der Waals surface area contributed by atoms with Gasteiger partial charge in [0.15, 0.2) is 23.1 Å². The number of allylic oxidation sites excluding steroid dienone is 1. The van der Waals surface area contributed by atoms with Gasteiger partial charge in [0.1, 0.15) is 11.5 Å². The summed E-state index contributed by atoms with van der Waals surface area (Å²) in [6.07, 6.45) is 2.06. The number of amides is 1. The molecule has 41 heavy (non-hydrogen) atoms. The van der Waals surface area contributed by atoms with Crippen molar-refractivity contribution >= 4 is 45.8 Å². The molecule has 7 nitrogen and oxygen atoms in total. The number of carbonyl (C=O) groups is 3. The normalized spacial score (nSPS) is 24.9. The number of para-hydroxylation sites is 2. The number of ketones is 2. The predicted molar refractivity (Wildman–Crippen MR) is 156 cm³/mol. The van der Waals surface area contributed by atoms with Gasteiger partial charge >= 0.3 is 0 Å². The third-order valence-corrected chi connectivity index (χ3v) is 9.74. The molecule has 4 aliphatic heterocycles. The van der Waals surface area contributed by atoms with Gasteiger partial charge in [-0.25, -0.2) is 0 Å². The van der Waals surface area contributed by atoms with E-state index in [2.05, 4.69) is 11.4 Å². The Labute approximate surface area is 240 Å². The first-order valence-corrected chi connectivity index (χ1v) is 14.4. The number of anilines is 2. The van der Waals surface area contributed by atoms with E-state index < -0.39 is 23.4 Å². The van der Waals surface area contributed by atoms with Crippen LogP contribution < -0.4 is 19.7 Å². The molecule has 0 radical (unpaired) electrons. The fourth-order valence-corrected chi connectivity index (χ4v) is 7.88. The van der Waals surface area contributed by atoms with Crippen molar-refractivity contribution in [3.05, 3.63) is 112 Å². The third-order valence-electron chi connectivity index (χ3n) is 8.86. The summed E-state index contributed by atoms with van der Waals surface area (Å²) in [6, 6.07) is 22.6. The number of thiophene rings is 1. The molecule has 0 aliphatic carbocycles. The molecule has 0 unspecified atom stereocenters. The Kier molecular flexibility index (Phi) is 5.09. The minimum atomic E-state index is -1.35. The molecule has 1 N–H and O–H groups in total. The molecule has 4 atom stereocenters. The third kappa shape index (κ3) is 3.16. The number of Topliss-reactive ketones (excluding diaryl/α,β-unsaturated/α-hetero) is 2. The molecule has 1 aromatic heterocycles. The van der Waals surface area contributed by atoms with Crippen LogP contribution in [0.15, 0.2) is 90.3 Å². The topological polar surface area (TPSA) is 84.9 Å². The lowest BCUT2D eigenvalue weighted by molar-refractivity contribution is -0.121. The molecule has 4 aromatic rings. The van der Waals surface area contributed by atoms with E-state index in [4.69, 9.17) is 9.47 Å². The largest absolute Gasteiger partial charge is 0.454 e. The molecule has 0 bridgehead atoms. The summed E-state index contributed by atoms with van der Waals surface area (Å²) in [5, 5.41) is 4.93. The van der Waals surface area contributed by atoms with E-state index in [1.807, 2.05) is 71.8 Å². The van der Waals surface area contributed by atoms with Crippen molar-refractivity contribution in [3.8, 4) is 11.5 Å². The second kappa shape index (κ2) is 8.65. The Hall–Kier alpha value is -4.69. The molecule has 1 fully saturated rings. The van der Waals surface area contributed by atoms with E-state index >= 15 is 0 Å². The van der Waals surface area contributed by atoms with Gasteiger partial charge in [-0.2, -0.15) is 0 Å². The van der Waals surface area contributed by atoms with Crippen LogP contribution in [0.2, 0.25) is 0 Å². The second-order valence-corrected chi connectivity index (χ2v) is 11.7. The van der Waals surface area contributed by atoms with Crippen molar-refractivity contribution in [2.75, 3.05) is 17.0 Å². The maximum Gasteiger partial charge on any atom is 0.238 e. The molecule has 4 aliphatic rings. The molecule has 1 saturated heterocycles. The first kappa shape index (κ1) is 24.1. The average molecular weight is 561 g/mol. The van der Waals surface area contributed by atoms with Crippen molar-refractivity contribution < 1.29 is 23.9 Å². The monoisotopic (exact) mass is 560 g/mol. The average Bonchev–Trinajstić information content (AvgIpc) is 3.79. The van der Waals surface area contributed by atoms with Crippen LogP contribution in [0.5, 0.6) is 11.5 Å². The van der Waals surface area contributed by atoms with E-state index in [0.717, 1.165) is 22.4 Å². The Balaban J connectivity index is 1.43. The number of fused-ring (bicyclic) bond motifs is 7. The zero-order chi connectivity index (χ0) is 27.9. The highest BCUT2D eigenvalue weighted by molar-refractivity contribution is 7.12. The summed E-state index contributed by atoms with van der Waals surface area (Å²) in [4.78, 5) is 46.5. The number of benzene rings is 3. The van der Waals surface area contributed by atoms with Crippen LogP contribution >= 0.6 is 11.3 Å². The summed E-state index contributed by atoms with van der Waals surface area (Å²) in [5.41, 5.74) is 3.22. The van der Waals surface area contributed by atoms with E-state index in [1.165, 1.54) is 11.3 Å². The standard InChI is InChI=1S/C33H24N2O5S/c1-18-15-27-33(21-8-3-4-9-22(21)34-32(33)38)28(30(36)19-12-13-24-25(16-19)40-17-39-24)29(31(37)26-11-6-14-41-26)35(27)23-10-5-2-7-20(18)23/h2-16,27-29H,17H2,1H3,(H,34,38)/t27-,28-,29+,33-/m0/s1. The molecule has 5 heterocycles. The number of nitrogens with zero attached hydrogens (tertiary/aromatic N) is 1. The van der Waals surface area contributed by atoms with Crippen molar-refractivity contribution in [1.82, 2.24) is 0 Å². The van der Waals surface area contributed by atoms with E-state index in [9.17, 15) is 14.4 Å². The highest BCUT2D eigenvalue weighted by atomic mass is 32.1. The summed E-state index contributed by atoms with van der Waals surface area (Å²) >= 11 is 1.34. The van der Waals surface area contributed by atoms with Crippen molar-refractivity contribution in [3.63, 3.8) is 0 Å².